The predicted molar refractivity (Wildman–Crippen MR) is 108 cm³/mol. The average molecular weight is 408 g/mol. The molecule has 0 spiro atoms. The lowest BCUT2D eigenvalue weighted by Gasteiger charge is -2.29. The molecule has 3 aliphatic rings. The van der Waals surface area contributed by atoms with Crippen molar-refractivity contribution in [2.45, 2.75) is 19.4 Å². The number of carbonyl (C=O) groups excluding carboxylic acids is 1. The van der Waals surface area contributed by atoms with E-state index in [9.17, 15) is 4.79 Å². The van der Waals surface area contributed by atoms with Gasteiger partial charge >= 0.3 is 5.97 Å². The summed E-state index contributed by atoms with van der Waals surface area (Å²) in [6.45, 7) is 2.86. The first-order valence-electron chi connectivity index (χ1n) is 9.56. The first-order chi connectivity index (χ1) is 14.5. The highest BCUT2D eigenvalue weighted by Crippen LogP contribution is 2.39. The maximum Gasteiger partial charge on any atom is 0.346 e. The summed E-state index contributed by atoms with van der Waals surface area (Å²) in [5, 5.41) is 0. The highest BCUT2D eigenvalue weighted by Gasteiger charge is 2.36. The van der Waals surface area contributed by atoms with Crippen LogP contribution in [0.15, 0.2) is 62.7 Å². The molecule has 0 aliphatic carbocycles. The van der Waals surface area contributed by atoms with Crippen molar-refractivity contribution in [3.8, 4) is 0 Å². The van der Waals surface area contributed by atoms with Crippen LogP contribution in [0.2, 0.25) is 0 Å². The second kappa shape index (κ2) is 6.94. The molecule has 1 aromatic carbocycles. The molecular weight excluding hydrogens is 388 g/mol. The first kappa shape index (κ1) is 18.3. The van der Waals surface area contributed by atoms with Crippen molar-refractivity contribution in [2.24, 2.45) is 4.99 Å². The van der Waals surface area contributed by atoms with Crippen LogP contribution in [0.3, 0.4) is 0 Å². The number of esters is 1. The van der Waals surface area contributed by atoms with Crippen LogP contribution in [0.5, 0.6) is 0 Å². The number of ether oxygens (including phenoxy) is 3. The molecule has 9 nitrogen and oxygen atoms in total. The van der Waals surface area contributed by atoms with Crippen molar-refractivity contribution in [3.05, 3.63) is 58.8 Å². The molecule has 0 fully saturated rings. The molecule has 0 saturated heterocycles. The Morgan fingerprint density at radius 1 is 1.37 bits per heavy atom. The number of nitrogen functional groups attached to an aromatic ring is 1. The second-order valence-corrected chi connectivity index (χ2v) is 7.16. The van der Waals surface area contributed by atoms with Crippen molar-refractivity contribution >= 4 is 28.9 Å². The Morgan fingerprint density at radius 3 is 3.07 bits per heavy atom. The third-order valence-electron chi connectivity index (χ3n) is 5.28. The Bertz CT molecular complexity index is 1170. The van der Waals surface area contributed by atoms with Crippen molar-refractivity contribution in [3.63, 3.8) is 0 Å². The van der Waals surface area contributed by atoms with Crippen LogP contribution in [-0.2, 0) is 19.0 Å². The van der Waals surface area contributed by atoms with Crippen LogP contribution in [0.25, 0.3) is 11.1 Å². The van der Waals surface area contributed by atoms with Crippen molar-refractivity contribution in [1.82, 2.24) is 9.88 Å². The topological polar surface area (TPSA) is 112 Å². The Morgan fingerprint density at radius 2 is 2.23 bits per heavy atom. The zero-order chi connectivity index (χ0) is 20.8. The molecule has 3 aliphatic heterocycles. The lowest BCUT2D eigenvalue weighted by molar-refractivity contribution is -0.150. The van der Waals surface area contributed by atoms with Gasteiger partial charge in [-0.2, -0.15) is 4.98 Å². The van der Waals surface area contributed by atoms with E-state index in [0.717, 1.165) is 41.2 Å². The normalized spacial score (nSPS) is 18.7. The Balaban J connectivity index is 1.54. The highest BCUT2D eigenvalue weighted by atomic mass is 16.6. The fraction of sp³-hybridized carbons (Fsp3) is 0.286. The number of aliphatic imine (C=N–C) groups is 1. The number of oxazole rings is 1. The number of hydrogen-bond acceptors (Lipinski definition) is 9. The molecule has 4 heterocycles. The summed E-state index contributed by atoms with van der Waals surface area (Å²) in [7, 11) is 1.33. The molecule has 5 rings (SSSR count). The molecule has 154 valence electrons. The molecule has 30 heavy (non-hydrogen) atoms. The van der Waals surface area contributed by atoms with Crippen molar-refractivity contribution in [2.75, 3.05) is 26.0 Å². The van der Waals surface area contributed by atoms with Gasteiger partial charge in [0.1, 0.15) is 24.2 Å². The van der Waals surface area contributed by atoms with Gasteiger partial charge in [0.2, 0.25) is 0 Å². The van der Waals surface area contributed by atoms with Crippen LogP contribution in [0.4, 0.5) is 6.01 Å². The monoisotopic (exact) mass is 408 g/mol. The summed E-state index contributed by atoms with van der Waals surface area (Å²) >= 11 is 0. The minimum Gasteiger partial charge on any atom is -0.493 e. The van der Waals surface area contributed by atoms with Gasteiger partial charge in [-0.1, -0.05) is 0 Å². The Labute approximate surface area is 172 Å². The summed E-state index contributed by atoms with van der Waals surface area (Å²) < 4.78 is 21.7. The first-order valence-corrected chi connectivity index (χ1v) is 9.56. The minimum absolute atomic E-state index is 0.133. The van der Waals surface area contributed by atoms with Gasteiger partial charge in [-0.05, 0) is 37.1 Å². The van der Waals surface area contributed by atoms with E-state index in [0.29, 0.717) is 23.5 Å². The minimum atomic E-state index is -0.770. The fourth-order valence-electron chi connectivity index (χ4n) is 3.88. The second-order valence-electron chi connectivity index (χ2n) is 7.16. The molecule has 0 saturated carbocycles. The van der Waals surface area contributed by atoms with Gasteiger partial charge in [0.05, 0.1) is 18.4 Å². The van der Waals surface area contributed by atoms with E-state index in [-0.39, 0.29) is 6.01 Å². The molecule has 2 aromatic rings. The Kier molecular flexibility index (Phi) is 4.23. The van der Waals surface area contributed by atoms with E-state index in [4.69, 9.17) is 29.4 Å². The molecule has 1 atom stereocenters. The smallest absolute Gasteiger partial charge is 0.346 e. The van der Waals surface area contributed by atoms with Gasteiger partial charge in [-0.25, -0.2) is 9.79 Å². The summed E-state index contributed by atoms with van der Waals surface area (Å²) in [6, 6.07) is 5.81. The van der Waals surface area contributed by atoms with E-state index < -0.39 is 12.1 Å². The number of nitrogens with two attached hydrogens (primary N) is 1. The number of anilines is 1. The summed E-state index contributed by atoms with van der Waals surface area (Å²) in [6.07, 6.45) is 3.36. The largest absolute Gasteiger partial charge is 0.493 e. The number of amidine groups is 1. The zero-order valence-electron chi connectivity index (χ0n) is 16.5. The lowest BCUT2D eigenvalue weighted by atomic mass is 10.0. The molecule has 1 unspecified atom stereocenters. The van der Waals surface area contributed by atoms with Gasteiger partial charge in [0, 0.05) is 18.3 Å². The lowest BCUT2D eigenvalue weighted by Crippen LogP contribution is -2.32. The maximum atomic E-state index is 11.8. The average Bonchev–Trinajstić information content (AvgIpc) is 3.28. The summed E-state index contributed by atoms with van der Waals surface area (Å²) in [5.41, 5.74) is 10.8. The van der Waals surface area contributed by atoms with E-state index in [1.54, 1.807) is 13.1 Å². The van der Waals surface area contributed by atoms with Crippen LogP contribution >= 0.6 is 0 Å². The quantitative estimate of drug-likeness (QED) is 0.768. The van der Waals surface area contributed by atoms with E-state index in [1.807, 2.05) is 18.2 Å². The molecule has 1 aromatic heterocycles. The molecule has 0 bridgehead atoms. The van der Waals surface area contributed by atoms with Crippen LogP contribution in [0, 0.1) is 0 Å². The van der Waals surface area contributed by atoms with Gasteiger partial charge in [-0.3, -0.25) is 0 Å². The van der Waals surface area contributed by atoms with Crippen LogP contribution in [-0.4, -0.2) is 48.1 Å². The number of rotatable bonds is 4. The van der Waals surface area contributed by atoms with E-state index >= 15 is 0 Å². The van der Waals surface area contributed by atoms with Gasteiger partial charge in [0.15, 0.2) is 17.4 Å². The predicted octanol–water partition coefficient (Wildman–Crippen LogP) is 2.46. The van der Waals surface area contributed by atoms with E-state index in [2.05, 4.69) is 9.88 Å². The van der Waals surface area contributed by atoms with Crippen LogP contribution in [0.1, 0.15) is 18.9 Å². The van der Waals surface area contributed by atoms with Crippen molar-refractivity contribution < 1.29 is 23.4 Å². The number of carbonyl (C=O) groups is 1. The van der Waals surface area contributed by atoms with Gasteiger partial charge < -0.3 is 29.3 Å². The van der Waals surface area contributed by atoms with E-state index in [1.165, 1.54) is 13.4 Å². The third-order valence-corrected chi connectivity index (χ3v) is 5.28. The number of fused-ring (bicyclic) bond motifs is 1. The SMILES string of the molecule is COC(=O)C(C)OC1=COCC2=C3C1=CN=C(c1ccc4oc(N)nc4c1)N3CC2. The third kappa shape index (κ3) is 2.90. The zero-order valence-corrected chi connectivity index (χ0v) is 16.5. The molecular formula is C21H20N4O5. The fourth-order valence-corrected chi connectivity index (χ4v) is 3.88. The molecule has 0 radical (unpaired) electrons. The molecule has 0 amide bonds. The number of hydrogen-bond donors (Lipinski definition) is 1. The maximum absolute atomic E-state index is 11.8. The molecule has 9 heteroatoms. The summed E-state index contributed by atoms with van der Waals surface area (Å²) in [4.78, 5) is 22.9. The number of nitrogens with zero attached hydrogens (tertiary/aromatic N) is 3. The number of aromatic nitrogens is 1. The number of benzene rings is 1. The summed E-state index contributed by atoms with van der Waals surface area (Å²) in [5.74, 6) is 0.792. The van der Waals surface area contributed by atoms with Crippen molar-refractivity contribution in [1.29, 1.82) is 0 Å². The van der Waals surface area contributed by atoms with Gasteiger partial charge in [-0.15, -0.1) is 0 Å². The van der Waals surface area contributed by atoms with Gasteiger partial charge in [0.25, 0.3) is 6.01 Å². The Hall–Kier alpha value is -3.75. The number of methoxy groups -OCH3 is 1. The standard InChI is InChI=1S/C21H20N4O5/c1-11(20(26)27-2)29-17-10-28-9-13-5-6-25-18(13)14(17)8-23-19(25)12-3-4-16-15(7-12)24-21(22)30-16/h3-4,7-8,10-11H,5-6,9H2,1-2H3,(H2,22,24). The molecule has 2 N–H and O–H groups in total. The van der Waals surface area contributed by atoms with Crippen LogP contribution < -0.4 is 5.73 Å². The highest BCUT2D eigenvalue weighted by molar-refractivity contribution is 6.04.